The first-order valence-electron chi connectivity index (χ1n) is 10.6. The van der Waals surface area contributed by atoms with E-state index in [4.69, 9.17) is 4.74 Å². The van der Waals surface area contributed by atoms with Crippen molar-refractivity contribution in [3.63, 3.8) is 0 Å². The lowest BCUT2D eigenvalue weighted by molar-refractivity contribution is 0.0949. The Morgan fingerprint density at radius 3 is 2.30 bits per heavy atom. The standard InChI is InChI=1S/C26H24N4O3/c1-18(16-19-12-14-21(33-2)15-13-19)27-28-25(31)24-22-10-6-7-11-23(22)26(32)30(29-24)17-20-8-4-3-5-9-20/h3-15H,16-17H2,1-2H3,(H,28,31)/b27-18+. The fourth-order valence-corrected chi connectivity index (χ4v) is 3.54. The van der Waals surface area contributed by atoms with Crippen LogP contribution in [0.15, 0.2) is 88.8 Å². The highest BCUT2D eigenvalue weighted by Crippen LogP contribution is 2.15. The highest BCUT2D eigenvalue weighted by atomic mass is 16.5. The van der Waals surface area contributed by atoms with Crippen LogP contribution in [0.25, 0.3) is 10.8 Å². The Balaban J connectivity index is 1.59. The van der Waals surface area contributed by atoms with E-state index in [0.29, 0.717) is 17.2 Å². The average Bonchev–Trinajstić information content (AvgIpc) is 2.85. The van der Waals surface area contributed by atoms with Gasteiger partial charge >= 0.3 is 0 Å². The Kier molecular flexibility index (Phi) is 6.59. The van der Waals surface area contributed by atoms with Gasteiger partial charge in [0.2, 0.25) is 0 Å². The molecule has 0 radical (unpaired) electrons. The molecule has 1 aromatic heterocycles. The van der Waals surface area contributed by atoms with Gasteiger partial charge in [-0.25, -0.2) is 10.1 Å². The summed E-state index contributed by atoms with van der Waals surface area (Å²) in [6.07, 6.45) is 0.575. The number of benzene rings is 3. The highest BCUT2D eigenvalue weighted by molar-refractivity contribution is 6.05. The molecule has 7 heteroatoms. The summed E-state index contributed by atoms with van der Waals surface area (Å²) >= 11 is 0. The molecule has 0 spiro atoms. The number of nitrogens with one attached hydrogen (secondary N) is 1. The summed E-state index contributed by atoms with van der Waals surface area (Å²) in [5.74, 6) is 0.312. The minimum atomic E-state index is -0.470. The van der Waals surface area contributed by atoms with Gasteiger partial charge in [0.1, 0.15) is 5.75 Å². The van der Waals surface area contributed by atoms with Crippen LogP contribution in [0, 0.1) is 0 Å². The van der Waals surface area contributed by atoms with Crippen molar-refractivity contribution in [2.45, 2.75) is 19.9 Å². The number of hydrogen-bond acceptors (Lipinski definition) is 5. The summed E-state index contributed by atoms with van der Waals surface area (Å²) in [6.45, 7) is 2.11. The van der Waals surface area contributed by atoms with E-state index in [1.54, 1.807) is 31.4 Å². The molecule has 0 fully saturated rings. The van der Waals surface area contributed by atoms with Crippen molar-refractivity contribution in [3.05, 3.63) is 106 Å². The SMILES string of the molecule is COc1ccc(C/C(C)=N/NC(=O)c2nn(Cc3ccccc3)c(=O)c3ccccc23)cc1. The van der Waals surface area contributed by atoms with E-state index in [0.717, 1.165) is 22.6 Å². The molecule has 1 N–H and O–H groups in total. The number of ether oxygens (including phenoxy) is 1. The number of rotatable bonds is 7. The molecule has 3 aromatic carbocycles. The summed E-state index contributed by atoms with van der Waals surface area (Å²) in [7, 11) is 1.62. The Labute approximate surface area is 191 Å². The van der Waals surface area contributed by atoms with Gasteiger partial charge in [0.05, 0.1) is 19.0 Å². The van der Waals surface area contributed by atoms with Crippen molar-refractivity contribution in [1.82, 2.24) is 15.2 Å². The minimum absolute atomic E-state index is 0.155. The zero-order valence-electron chi connectivity index (χ0n) is 18.5. The van der Waals surface area contributed by atoms with Gasteiger partial charge in [-0.05, 0) is 36.2 Å². The summed E-state index contributed by atoms with van der Waals surface area (Å²) in [5, 5.41) is 9.56. The summed E-state index contributed by atoms with van der Waals surface area (Å²) in [6, 6.07) is 24.2. The van der Waals surface area contributed by atoms with Crippen molar-refractivity contribution in [3.8, 4) is 5.75 Å². The van der Waals surface area contributed by atoms with Crippen molar-refractivity contribution >= 4 is 22.4 Å². The lowest BCUT2D eigenvalue weighted by Crippen LogP contribution is -2.29. The van der Waals surface area contributed by atoms with Crippen LogP contribution in [0.5, 0.6) is 5.75 Å². The molecule has 7 nitrogen and oxygen atoms in total. The first-order valence-corrected chi connectivity index (χ1v) is 10.6. The zero-order valence-corrected chi connectivity index (χ0v) is 18.5. The van der Waals surface area contributed by atoms with E-state index in [9.17, 15) is 9.59 Å². The molecule has 166 valence electrons. The van der Waals surface area contributed by atoms with Crippen molar-refractivity contribution in [1.29, 1.82) is 0 Å². The van der Waals surface area contributed by atoms with E-state index in [1.165, 1.54) is 4.68 Å². The van der Waals surface area contributed by atoms with Crippen molar-refractivity contribution < 1.29 is 9.53 Å². The fraction of sp³-hybridized carbons (Fsp3) is 0.154. The molecule has 0 unspecified atom stereocenters. The third-order valence-corrected chi connectivity index (χ3v) is 5.23. The van der Waals surface area contributed by atoms with Crippen molar-refractivity contribution in [2.75, 3.05) is 7.11 Å². The number of amides is 1. The zero-order chi connectivity index (χ0) is 23.2. The fourth-order valence-electron chi connectivity index (χ4n) is 3.54. The first kappa shape index (κ1) is 22.0. The first-order chi connectivity index (χ1) is 16.0. The Bertz CT molecular complexity index is 1360. The molecular weight excluding hydrogens is 416 g/mol. The van der Waals surface area contributed by atoms with Gasteiger partial charge in [-0.15, -0.1) is 0 Å². The van der Waals surface area contributed by atoms with E-state index in [2.05, 4.69) is 15.6 Å². The third-order valence-electron chi connectivity index (χ3n) is 5.23. The number of fused-ring (bicyclic) bond motifs is 1. The predicted octanol–water partition coefficient (Wildman–Crippen LogP) is 3.80. The smallest absolute Gasteiger partial charge is 0.292 e. The maximum atomic E-state index is 13.0. The number of methoxy groups -OCH3 is 1. The number of aromatic nitrogens is 2. The number of hydrogen-bond donors (Lipinski definition) is 1. The number of carbonyl (C=O) groups excluding carboxylic acids is 1. The van der Waals surface area contributed by atoms with Gasteiger partial charge < -0.3 is 4.74 Å². The molecule has 0 aliphatic rings. The Morgan fingerprint density at radius 2 is 1.61 bits per heavy atom. The molecular formula is C26H24N4O3. The van der Waals surface area contributed by atoms with Crippen LogP contribution in [0.3, 0.4) is 0 Å². The van der Waals surface area contributed by atoms with E-state index in [1.807, 2.05) is 61.5 Å². The second-order valence-electron chi connectivity index (χ2n) is 7.66. The molecule has 0 aliphatic carbocycles. The van der Waals surface area contributed by atoms with Crippen LogP contribution >= 0.6 is 0 Å². The number of hydrazone groups is 1. The van der Waals surface area contributed by atoms with Gasteiger partial charge in [-0.2, -0.15) is 10.2 Å². The minimum Gasteiger partial charge on any atom is -0.497 e. The van der Waals surface area contributed by atoms with Gasteiger partial charge in [0.15, 0.2) is 5.69 Å². The highest BCUT2D eigenvalue weighted by Gasteiger charge is 2.16. The van der Waals surface area contributed by atoms with Crippen molar-refractivity contribution in [2.24, 2.45) is 5.10 Å². The van der Waals surface area contributed by atoms with Crippen LogP contribution in [0.2, 0.25) is 0 Å². The molecule has 4 aromatic rings. The molecule has 0 bridgehead atoms. The molecule has 0 aliphatic heterocycles. The topological polar surface area (TPSA) is 85.6 Å². The largest absolute Gasteiger partial charge is 0.497 e. The molecule has 0 atom stereocenters. The normalized spacial score (nSPS) is 11.4. The monoisotopic (exact) mass is 440 g/mol. The van der Waals surface area contributed by atoms with E-state index < -0.39 is 5.91 Å². The Hall–Kier alpha value is -4.26. The molecule has 33 heavy (non-hydrogen) atoms. The maximum absolute atomic E-state index is 13.0. The van der Waals surface area contributed by atoms with Gasteiger partial charge in [0.25, 0.3) is 11.5 Å². The van der Waals surface area contributed by atoms with Crippen LogP contribution in [-0.4, -0.2) is 28.5 Å². The lowest BCUT2D eigenvalue weighted by atomic mass is 10.1. The second-order valence-corrected chi connectivity index (χ2v) is 7.66. The molecule has 4 rings (SSSR count). The molecule has 0 saturated heterocycles. The average molecular weight is 441 g/mol. The lowest BCUT2D eigenvalue weighted by Gasteiger charge is -2.10. The summed E-state index contributed by atoms with van der Waals surface area (Å²) in [4.78, 5) is 26.0. The summed E-state index contributed by atoms with van der Waals surface area (Å²) in [5.41, 5.74) is 5.20. The number of nitrogens with zero attached hydrogens (tertiary/aromatic N) is 3. The summed E-state index contributed by atoms with van der Waals surface area (Å²) < 4.78 is 6.49. The molecule has 1 amide bonds. The van der Waals surface area contributed by atoms with Gasteiger partial charge in [0, 0.05) is 17.5 Å². The van der Waals surface area contributed by atoms with Gasteiger partial charge in [-0.1, -0.05) is 60.7 Å². The quantitative estimate of drug-likeness (QED) is 0.350. The van der Waals surface area contributed by atoms with Crippen LogP contribution in [-0.2, 0) is 13.0 Å². The van der Waals surface area contributed by atoms with Crippen LogP contribution in [0.1, 0.15) is 28.5 Å². The van der Waals surface area contributed by atoms with Crippen LogP contribution in [0.4, 0.5) is 0 Å². The molecule has 1 heterocycles. The number of carbonyl (C=O) groups is 1. The van der Waals surface area contributed by atoms with E-state index in [-0.39, 0.29) is 17.8 Å². The Morgan fingerprint density at radius 1 is 0.939 bits per heavy atom. The van der Waals surface area contributed by atoms with Gasteiger partial charge in [-0.3, -0.25) is 9.59 Å². The predicted molar refractivity (Wildman–Crippen MR) is 129 cm³/mol. The van der Waals surface area contributed by atoms with E-state index >= 15 is 0 Å². The molecule has 0 saturated carbocycles. The third kappa shape index (κ3) is 5.15. The van der Waals surface area contributed by atoms with Crippen LogP contribution < -0.4 is 15.7 Å². The maximum Gasteiger partial charge on any atom is 0.292 e. The second kappa shape index (κ2) is 9.91.